The Labute approximate surface area is 228 Å². The number of aliphatic imine (C=N–C) groups is 1. The highest BCUT2D eigenvalue weighted by Gasteiger charge is 2.36. The van der Waals surface area contributed by atoms with Gasteiger partial charge in [-0.05, 0) is 60.6 Å². The van der Waals surface area contributed by atoms with Crippen molar-refractivity contribution in [1.82, 2.24) is 25.1 Å². The third kappa shape index (κ3) is 4.85. The molecule has 0 spiro atoms. The van der Waals surface area contributed by atoms with Crippen LogP contribution in [0.4, 0.5) is 0 Å². The van der Waals surface area contributed by atoms with Crippen LogP contribution in [0.5, 0.6) is 17.2 Å². The first-order valence-corrected chi connectivity index (χ1v) is 13.1. The van der Waals surface area contributed by atoms with Gasteiger partial charge in [-0.15, -0.1) is 10.2 Å². The summed E-state index contributed by atoms with van der Waals surface area (Å²) in [4.78, 5) is 9.27. The van der Waals surface area contributed by atoms with E-state index in [4.69, 9.17) is 19.2 Å². The third-order valence-electron chi connectivity index (χ3n) is 7.64. The van der Waals surface area contributed by atoms with Crippen molar-refractivity contribution in [3.8, 4) is 28.6 Å². The average molecular weight is 525 g/mol. The van der Waals surface area contributed by atoms with Crippen molar-refractivity contribution in [2.24, 2.45) is 4.99 Å². The van der Waals surface area contributed by atoms with Crippen molar-refractivity contribution >= 4 is 5.71 Å². The summed E-state index contributed by atoms with van der Waals surface area (Å²) < 4.78 is 16.5. The fraction of sp³-hybridized carbons (Fsp3) is 0.333. The standard InChI is InChI=1S/C30H32N6O3/c1-35-14-13-26-25(18-35)23-15-27(38-3)28(39-4)16-24(23)29(31-26)20-7-9-21(10-8-20)30-32-34-36(33-30)17-19-5-11-22(37-2)12-6-19/h5-12,15-16,25-26H,13-14,17-18H2,1-4H3. The van der Waals surface area contributed by atoms with E-state index in [-0.39, 0.29) is 6.04 Å². The molecule has 0 N–H and O–H groups in total. The third-order valence-corrected chi connectivity index (χ3v) is 7.64. The number of benzene rings is 3. The van der Waals surface area contributed by atoms with Crippen LogP contribution in [0.15, 0.2) is 65.7 Å². The summed E-state index contributed by atoms with van der Waals surface area (Å²) in [5.41, 5.74) is 6.38. The molecule has 9 nitrogen and oxygen atoms in total. The molecular formula is C30H32N6O3. The predicted molar refractivity (Wildman–Crippen MR) is 149 cm³/mol. The molecule has 0 saturated carbocycles. The summed E-state index contributed by atoms with van der Waals surface area (Å²) in [5, 5.41) is 13.1. The molecule has 2 aliphatic heterocycles. The van der Waals surface area contributed by atoms with Crippen LogP contribution < -0.4 is 14.2 Å². The van der Waals surface area contributed by atoms with Gasteiger partial charge in [0.15, 0.2) is 11.5 Å². The highest BCUT2D eigenvalue weighted by atomic mass is 16.5. The van der Waals surface area contributed by atoms with Crippen LogP contribution in [0, 0.1) is 0 Å². The molecule has 1 aromatic heterocycles. The molecule has 1 saturated heterocycles. The zero-order valence-electron chi connectivity index (χ0n) is 22.7. The van der Waals surface area contributed by atoms with Gasteiger partial charge in [0.05, 0.1) is 39.6 Å². The summed E-state index contributed by atoms with van der Waals surface area (Å²) in [7, 11) is 7.19. The lowest BCUT2D eigenvalue weighted by molar-refractivity contribution is 0.227. The lowest BCUT2D eigenvalue weighted by Crippen LogP contribution is -2.41. The van der Waals surface area contributed by atoms with Crippen molar-refractivity contribution in [1.29, 1.82) is 0 Å². The van der Waals surface area contributed by atoms with E-state index in [2.05, 4.69) is 51.6 Å². The molecule has 3 aromatic carbocycles. The van der Waals surface area contributed by atoms with Crippen molar-refractivity contribution in [2.75, 3.05) is 41.5 Å². The second-order valence-corrected chi connectivity index (χ2v) is 10.1. The van der Waals surface area contributed by atoms with Gasteiger partial charge < -0.3 is 19.1 Å². The zero-order chi connectivity index (χ0) is 26.9. The number of hydrogen-bond donors (Lipinski definition) is 0. The summed E-state index contributed by atoms with van der Waals surface area (Å²) >= 11 is 0. The Morgan fingerprint density at radius 3 is 2.31 bits per heavy atom. The molecule has 2 aliphatic rings. The Morgan fingerprint density at radius 1 is 0.872 bits per heavy atom. The number of fused-ring (bicyclic) bond motifs is 3. The molecular weight excluding hydrogens is 492 g/mol. The number of likely N-dealkylation sites (N-methyl/N-ethyl adjacent to an activating group) is 1. The number of rotatable bonds is 7. The topological polar surface area (TPSA) is 86.9 Å². The van der Waals surface area contributed by atoms with Gasteiger partial charge in [0.1, 0.15) is 5.75 Å². The number of ether oxygens (including phenoxy) is 3. The summed E-state index contributed by atoms with van der Waals surface area (Å²) in [6.07, 6.45) is 1.03. The van der Waals surface area contributed by atoms with Crippen molar-refractivity contribution < 1.29 is 14.2 Å². The van der Waals surface area contributed by atoms with E-state index < -0.39 is 0 Å². The molecule has 1 fully saturated rings. The van der Waals surface area contributed by atoms with E-state index in [0.29, 0.717) is 24.0 Å². The second kappa shape index (κ2) is 10.5. The summed E-state index contributed by atoms with van der Waals surface area (Å²) in [5.74, 6) is 3.19. The lowest BCUT2D eigenvalue weighted by Gasteiger charge is -2.39. The maximum absolute atomic E-state index is 5.66. The minimum absolute atomic E-state index is 0.237. The molecule has 6 rings (SSSR count). The molecule has 9 heteroatoms. The molecule has 0 bridgehead atoms. The molecule has 200 valence electrons. The number of hydrogen-bond acceptors (Lipinski definition) is 8. The molecule has 3 heterocycles. The number of piperidine rings is 1. The molecule has 39 heavy (non-hydrogen) atoms. The SMILES string of the molecule is COc1ccc(Cn2nnc(-c3ccc(C4=NC5CCN(C)CC5c5cc(OC)c(OC)cc54)cc3)n2)cc1. The van der Waals surface area contributed by atoms with E-state index >= 15 is 0 Å². The fourth-order valence-corrected chi connectivity index (χ4v) is 5.53. The van der Waals surface area contributed by atoms with E-state index in [1.807, 2.05) is 36.4 Å². The normalized spacial score (nSPS) is 18.6. The van der Waals surface area contributed by atoms with Gasteiger partial charge in [0.2, 0.25) is 5.82 Å². The maximum Gasteiger partial charge on any atom is 0.204 e. The molecule has 2 atom stereocenters. The molecule has 0 aliphatic carbocycles. The number of methoxy groups -OCH3 is 3. The quantitative estimate of drug-likeness (QED) is 0.360. The van der Waals surface area contributed by atoms with Gasteiger partial charge in [0, 0.05) is 29.2 Å². The predicted octanol–water partition coefficient (Wildman–Crippen LogP) is 4.05. The number of likely N-dealkylation sites (tertiary alicyclic amines) is 1. The van der Waals surface area contributed by atoms with E-state index in [9.17, 15) is 0 Å². The van der Waals surface area contributed by atoms with Crippen LogP contribution in [-0.2, 0) is 6.54 Å². The van der Waals surface area contributed by atoms with Gasteiger partial charge in [-0.2, -0.15) is 4.80 Å². The first-order valence-electron chi connectivity index (χ1n) is 13.1. The first-order chi connectivity index (χ1) is 19.1. The highest BCUT2D eigenvalue weighted by Crippen LogP contribution is 2.42. The Hall–Kier alpha value is -4.24. The minimum Gasteiger partial charge on any atom is -0.497 e. The number of aromatic nitrogens is 4. The largest absolute Gasteiger partial charge is 0.497 e. The summed E-state index contributed by atoms with van der Waals surface area (Å²) in [6.45, 7) is 2.55. The Morgan fingerprint density at radius 2 is 1.59 bits per heavy atom. The van der Waals surface area contributed by atoms with E-state index in [0.717, 1.165) is 59.0 Å². The summed E-state index contributed by atoms with van der Waals surface area (Å²) in [6, 6.07) is 20.6. The van der Waals surface area contributed by atoms with Gasteiger partial charge in [0.25, 0.3) is 0 Å². The fourth-order valence-electron chi connectivity index (χ4n) is 5.53. The second-order valence-electron chi connectivity index (χ2n) is 10.1. The van der Waals surface area contributed by atoms with Crippen molar-refractivity contribution in [3.05, 3.63) is 82.9 Å². The smallest absolute Gasteiger partial charge is 0.204 e. The Bertz CT molecular complexity index is 1500. The number of tetrazole rings is 1. The minimum atomic E-state index is 0.237. The van der Waals surface area contributed by atoms with Crippen LogP contribution in [0.25, 0.3) is 11.4 Å². The Balaban J connectivity index is 1.29. The molecule has 0 amide bonds. The van der Waals surface area contributed by atoms with Crippen LogP contribution >= 0.6 is 0 Å². The highest BCUT2D eigenvalue weighted by molar-refractivity contribution is 6.15. The van der Waals surface area contributed by atoms with Crippen molar-refractivity contribution in [3.63, 3.8) is 0 Å². The maximum atomic E-state index is 5.66. The number of nitrogens with zero attached hydrogens (tertiary/aromatic N) is 6. The Kier molecular flexibility index (Phi) is 6.74. The van der Waals surface area contributed by atoms with E-state index in [1.165, 1.54) is 5.56 Å². The first kappa shape index (κ1) is 25.1. The molecule has 0 radical (unpaired) electrons. The zero-order valence-corrected chi connectivity index (χ0v) is 22.7. The lowest BCUT2D eigenvalue weighted by atomic mass is 9.79. The molecule has 4 aromatic rings. The van der Waals surface area contributed by atoms with E-state index in [1.54, 1.807) is 26.1 Å². The average Bonchev–Trinajstić information content (AvgIpc) is 3.45. The van der Waals surface area contributed by atoms with Crippen molar-refractivity contribution in [2.45, 2.75) is 24.9 Å². The van der Waals surface area contributed by atoms with Crippen LogP contribution in [-0.4, -0.2) is 78.3 Å². The van der Waals surface area contributed by atoms with Crippen LogP contribution in [0.3, 0.4) is 0 Å². The van der Waals surface area contributed by atoms with Gasteiger partial charge in [-0.25, -0.2) is 0 Å². The van der Waals surface area contributed by atoms with Crippen LogP contribution in [0.1, 0.15) is 34.6 Å². The van der Waals surface area contributed by atoms with Gasteiger partial charge in [-0.3, -0.25) is 4.99 Å². The van der Waals surface area contributed by atoms with Gasteiger partial charge in [-0.1, -0.05) is 36.4 Å². The van der Waals surface area contributed by atoms with Crippen LogP contribution in [0.2, 0.25) is 0 Å². The monoisotopic (exact) mass is 524 g/mol. The van der Waals surface area contributed by atoms with Gasteiger partial charge >= 0.3 is 0 Å². The molecule has 2 unspecified atom stereocenters.